The molecule has 24 heavy (non-hydrogen) atoms. The van der Waals surface area contributed by atoms with E-state index in [0.29, 0.717) is 13.0 Å². The van der Waals surface area contributed by atoms with Crippen LogP contribution in [-0.2, 0) is 24.2 Å². The van der Waals surface area contributed by atoms with Crippen molar-refractivity contribution < 1.29 is 9.18 Å². The molecule has 2 aromatic heterocycles. The summed E-state index contributed by atoms with van der Waals surface area (Å²) in [4.78, 5) is 20.3. The fourth-order valence-electron chi connectivity index (χ4n) is 2.87. The number of benzene rings is 1. The van der Waals surface area contributed by atoms with E-state index in [1.165, 1.54) is 33.9 Å². The molecule has 0 fully saturated rings. The summed E-state index contributed by atoms with van der Waals surface area (Å²) in [5.74, 6) is -0.178. The van der Waals surface area contributed by atoms with E-state index in [4.69, 9.17) is 0 Å². The molecule has 0 saturated carbocycles. The van der Waals surface area contributed by atoms with Crippen molar-refractivity contribution in [3.63, 3.8) is 0 Å². The normalized spacial score (nSPS) is 13.8. The van der Waals surface area contributed by atoms with Gasteiger partial charge in [0.2, 0.25) is 5.91 Å². The molecule has 0 spiro atoms. The molecule has 1 amide bonds. The van der Waals surface area contributed by atoms with Gasteiger partial charge in [0.15, 0.2) is 0 Å². The Balaban J connectivity index is 1.45. The quantitative estimate of drug-likeness (QED) is 0.705. The zero-order valence-electron chi connectivity index (χ0n) is 12.9. The highest BCUT2D eigenvalue weighted by Crippen LogP contribution is 2.26. The molecule has 0 N–H and O–H groups in total. The number of nitrogens with zero attached hydrogens (tertiary/aromatic N) is 2. The molecule has 0 atom stereocenters. The maximum Gasteiger partial charge on any atom is 0.228 e. The van der Waals surface area contributed by atoms with Gasteiger partial charge in [-0.1, -0.05) is 12.1 Å². The van der Waals surface area contributed by atoms with Gasteiger partial charge in [-0.2, -0.15) is 0 Å². The lowest BCUT2D eigenvalue weighted by atomic mass is 10.1. The van der Waals surface area contributed by atoms with E-state index >= 15 is 0 Å². The van der Waals surface area contributed by atoms with Crippen LogP contribution in [0.1, 0.15) is 16.1 Å². The first-order chi connectivity index (χ1) is 11.7. The van der Waals surface area contributed by atoms with Crippen LogP contribution in [0.2, 0.25) is 0 Å². The molecule has 0 bridgehead atoms. The molecule has 3 heterocycles. The number of fused-ring (bicyclic) bond motifs is 1. The molecule has 3 nitrogen and oxygen atoms in total. The Labute approximate surface area is 147 Å². The van der Waals surface area contributed by atoms with Gasteiger partial charge in [0, 0.05) is 28.9 Å². The highest BCUT2D eigenvalue weighted by Gasteiger charge is 2.22. The Morgan fingerprint density at radius 2 is 2.21 bits per heavy atom. The van der Waals surface area contributed by atoms with Gasteiger partial charge in [-0.05, 0) is 35.6 Å². The maximum atomic E-state index is 13.3. The Morgan fingerprint density at radius 3 is 3.08 bits per heavy atom. The number of carbonyl (C=O) groups excluding carboxylic acids is 1. The van der Waals surface area contributed by atoms with Crippen LogP contribution in [0, 0.1) is 5.82 Å². The van der Waals surface area contributed by atoms with Gasteiger partial charge in [-0.15, -0.1) is 22.7 Å². The minimum absolute atomic E-state index is 0.0999. The number of rotatable bonds is 3. The molecule has 122 valence electrons. The van der Waals surface area contributed by atoms with Gasteiger partial charge >= 0.3 is 0 Å². The minimum atomic E-state index is -0.278. The average molecular weight is 358 g/mol. The summed E-state index contributed by atoms with van der Waals surface area (Å²) in [6, 6.07) is 8.48. The number of hydrogen-bond acceptors (Lipinski definition) is 4. The third kappa shape index (κ3) is 3.12. The first kappa shape index (κ1) is 15.5. The number of halogens is 1. The van der Waals surface area contributed by atoms with E-state index in [9.17, 15) is 9.18 Å². The van der Waals surface area contributed by atoms with Crippen LogP contribution < -0.4 is 0 Å². The predicted molar refractivity (Wildman–Crippen MR) is 94.7 cm³/mol. The fraction of sp³-hybridized carbons (Fsp3) is 0.222. The van der Waals surface area contributed by atoms with E-state index in [1.807, 2.05) is 16.3 Å². The zero-order valence-corrected chi connectivity index (χ0v) is 14.5. The van der Waals surface area contributed by atoms with Gasteiger partial charge in [-0.25, -0.2) is 9.37 Å². The number of thiazole rings is 1. The van der Waals surface area contributed by atoms with Crippen molar-refractivity contribution in [3.8, 4) is 10.6 Å². The minimum Gasteiger partial charge on any atom is -0.338 e. The lowest BCUT2D eigenvalue weighted by molar-refractivity contribution is -0.131. The van der Waals surface area contributed by atoms with Crippen LogP contribution in [0.4, 0.5) is 4.39 Å². The van der Waals surface area contributed by atoms with Gasteiger partial charge in [0.25, 0.3) is 0 Å². The van der Waals surface area contributed by atoms with Crippen LogP contribution in [0.15, 0.2) is 41.1 Å². The van der Waals surface area contributed by atoms with Gasteiger partial charge in [0.1, 0.15) is 10.8 Å². The van der Waals surface area contributed by atoms with Crippen LogP contribution in [0.5, 0.6) is 0 Å². The van der Waals surface area contributed by atoms with Crippen LogP contribution in [-0.4, -0.2) is 22.3 Å². The monoisotopic (exact) mass is 358 g/mol. The summed E-state index contributed by atoms with van der Waals surface area (Å²) >= 11 is 3.21. The predicted octanol–water partition coefficient (Wildman–Crippen LogP) is 4.14. The standard InChI is InChI=1S/C18H15FN2OS2/c19-14-3-1-2-12(8-14)18-20-15(11-24-18)9-17(22)21-6-4-16-13(10-21)5-7-23-16/h1-3,5,7-8,11H,4,6,9-10H2. The maximum absolute atomic E-state index is 13.3. The molecule has 0 radical (unpaired) electrons. The molecule has 6 heteroatoms. The third-order valence-electron chi connectivity index (χ3n) is 4.12. The Bertz CT molecular complexity index is 887. The van der Waals surface area contributed by atoms with Crippen LogP contribution in [0.3, 0.4) is 0 Å². The van der Waals surface area contributed by atoms with Crippen molar-refractivity contribution in [1.82, 2.24) is 9.88 Å². The number of thiophene rings is 1. The zero-order chi connectivity index (χ0) is 16.5. The number of aromatic nitrogens is 1. The van der Waals surface area contributed by atoms with Crippen LogP contribution in [0.25, 0.3) is 10.6 Å². The summed E-state index contributed by atoms with van der Waals surface area (Å²) in [5.41, 5.74) is 2.76. The molecule has 4 rings (SSSR count). The fourth-order valence-corrected chi connectivity index (χ4v) is 4.58. The molecular formula is C18H15FN2OS2. The van der Waals surface area contributed by atoms with Gasteiger partial charge in [-0.3, -0.25) is 4.79 Å². The Hall–Kier alpha value is -2.05. The molecule has 0 aliphatic carbocycles. The topological polar surface area (TPSA) is 33.2 Å². The largest absolute Gasteiger partial charge is 0.338 e. The number of hydrogen-bond donors (Lipinski definition) is 0. The van der Waals surface area contributed by atoms with Gasteiger partial charge < -0.3 is 4.90 Å². The molecule has 1 aliphatic heterocycles. The molecule has 3 aromatic rings. The van der Waals surface area contributed by atoms with Crippen molar-refractivity contribution in [1.29, 1.82) is 0 Å². The highest BCUT2D eigenvalue weighted by molar-refractivity contribution is 7.13. The summed E-state index contributed by atoms with van der Waals surface area (Å²) in [7, 11) is 0. The summed E-state index contributed by atoms with van der Waals surface area (Å²) < 4.78 is 13.3. The van der Waals surface area contributed by atoms with Crippen LogP contribution >= 0.6 is 22.7 Å². The first-order valence-electron chi connectivity index (χ1n) is 7.72. The van der Waals surface area contributed by atoms with Crippen molar-refractivity contribution >= 4 is 28.6 Å². The second-order valence-electron chi connectivity index (χ2n) is 5.77. The van der Waals surface area contributed by atoms with Crippen molar-refractivity contribution in [2.75, 3.05) is 6.54 Å². The number of amides is 1. The van der Waals surface area contributed by atoms with E-state index in [0.717, 1.165) is 29.2 Å². The Kier molecular flexibility index (Phi) is 4.16. The smallest absolute Gasteiger partial charge is 0.228 e. The summed E-state index contributed by atoms with van der Waals surface area (Å²) in [6.07, 6.45) is 1.23. The molecule has 1 aliphatic rings. The SMILES string of the molecule is O=C(Cc1csc(-c2cccc(F)c2)n1)N1CCc2sccc2C1. The molecule has 0 unspecified atom stereocenters. The first-order valence-corrected chi connectivity index (χ1v) is 9.48. The third-order valence-corrected chi connectivity index (χ3v) is 6.08. The lowest BCUT2D eigenvalue weighted by Gasteiger charge is -2.26. The summed E-state index contributed by atoms with van der Waals surface area (Å²) in [5, 5.41) is 4.72. The molecule has 0 saturated heterocycles. The Morgan fingerprint density at radius 1 is 1.29 bits per heavy atom. The van der Waals surface area contributed by atoms with Crippen molar-refractivity contribution in [2.45, 2.75) is 19.4 Å². The van der Waals surface area contributed by atoms with E-state index in [1.54, 1.807) is 17.4 Å². The van der Waals surface area contributed by atoms with Gasteiger partial charge in [0.05, 0.1) is 12.1 Å². The van der Waals surface area contributed by atoms with E-state index in [-0.39, 0.29) is 11.7 Å². The summed E-state index contributed by atoms with van der Waals surface area (Å²) in [6.45, 7) is 1.46. The lowest BCUT2D eigenvalue weighted by Crippen LogP contribution is -2.36. The van der Waals surface area contributed by atoms with E-state index in [2.05, 4.69) is 16.4 Å². The number of carbonyl (C=O) groups is 1. The molecular weight excluding hydrogens is 343 g/mol. The van der Waals surface area contributed by atoms with Crippen molar-refractivity contribution in [2.24, 2.45) is 0 Å². The highest BCUT2D eigenvalue weighted by atomic mass is 32.1. The second kappa shape index (κ2) is 6.45. The second-order valence-corrected chi connectivity index (χ2v) is 7.62. The van der Waals surface area contributed by atoms with Crippen molar-refractivity contribution in [3.05, 3.63) is 63.0 Å². The van der Waals surface area contributed by atoms with E-state index < -0.39 is 0 Å². The molecule has 1 aromatic carbocycles. The average Bonchev–Trinajstić information content (AvgIpc) is 3.23.